The number of rotatable bonds is 4. The number of benzene rings is 1. The first kappa shape index (κ1) is 19.0. The first-order chi connectivity index (χ1) is 13.7. The van der Waals surface area contributed by atoms with Crippen molar-refractivity contribution in [2.75, 3.05) is 29.5 Å². The maximum absolute atomic E-state index is 12.6. The summed E-state index contributed by atoms with van der Waals surface area (Å²) in [6, 6.07) is 8.63. The summed E-state index contributed by atoms with van der Waals surface area (Å²) in [6.07, 6.45) is 9.31. The Balaban J connectivity index is 1.41. The van der Waals surface area contributed by atoms with Crippen LogP contribution < -0.4 is 9.80 Å². The molecule has 2 heterocycles. The second-order valence-electron chi connectivity index (χ2n) is 8.07. The van der Waals surface area contributed by atoms with E-state index in [9.17, 15) is 9.59 Å². The number of esters is 1. The first-order valence-corrected chi connectivity index (χ1v) is 10.7. The number of nitrogens with zero attached hydrogens (tertiary/aromatic N) is 2. The van der Waals surface area contributed by atoms with Crippen LogP contribution in [0, 0.1) is 5.92 Å². The predicted octanol–water partition coefficient (Wildman–Crippen LogP) is 4.07. The second kappa shape index (κ2) is 8.38. The van der Waals surface area contributed by atoms with Crippen molar-refractivity contribution in [1.82, 2.24) is 0 Å². The summed E-state index contributed by atoms with van der Waals surface area (Å²) in [5.74, 6) is 0.0964. The van der Waals surface area contributed by atoms with Crippen LogP contribution >= 0.6 is 0 Å². The van der Waals surface area contributed by atoms with Crippen LogP contribution in [0.4, 0.5) is 11.4 Å². The lowest BCUT2D eigenvalue weighted by molar-refractivity contribution is -0.148. The number of amides is 1. The second-order valence-corrected chi connectivity index (χ2v) is 8.07. The van der Waals surface area contributed by atoms with Crippen molar-refractivity contribution in [1.29, 1.82) is 0 Å². The average Bonchev–Trinajstić information content (AvgIpc) is 2.87. The number of anilines is 2. The monoisotopic (exact) mass is 382 g/mol. The van der Waals surface area contributed by atoms with Gasteiger partial charge in [-0.1, -0.05) is 12.8 Å². The van der Waals surface area contributed by atoms with Crippen molar-refractivity contribution in [3.8, 4) is 0 Å². The Labute approximate surface area is 167 Å². The summed E-state index contributed by atoms with van der Waals surface area (Å²) >= 11 is 0. The van der Waals surface area contributed by atoms with Gasteiger partial charge in [-0.15, -0.1) is 0 Å². The number of carbonyl (C=O) groups is 2. The Morgan fingerprint density at radius 1 is 1.04 bits per heavy atom. The molecular weight excluding hydrogens is 352 g/mol. The first-order valence-electron chi connectivity index (χ1n) is 10.7. The molecule has 0 unspecified atom stereocenters. The van der Waals surface area contributed by atoms with Gasteiger partial charge in [0.1, 0.15) is 0 Å². The highest BCUT2D eigenvalue weighted by Gasteiger charge is 2.34. The summed E-state index contributed by atoms with van der Waals surface area (Å²) < 4.78 is 5.16. The van der Waals surface area contributed by atoms with Crippen molar-refractivity contribution >= 4 is 23.3 Å². The SMILES string of the molecule is CCOC(=O)C1CCN(c2ccc(N3C(=O)C=C4CCCCC[C@H]43)cc2)CC1. The summed E-state index contributed by atoms with van der Waals surface area (Å²) in [5.41, 5.74) is 3.47. The molecule has 1 saturated carbocycles. The molecule has 2 aliphatic heterocycles. The zero-order valence-electron chi connectivity index (χ0n) is 16.7. The van der Waals surface area contributed by atoms with Crippen LogP contribution in [0.5, 0.6) is 0 Å². The molecule has 1 aromatic rings. The van der Waals surface area contributed by atoms with E-state index in [1.165, 1.54) is 24.8 Å². The van der Waals surface area contributed by atoms with Gasteiger partial charge in [0.05, 0.1) is 18.6 Å². The number of piperidine rings is 1. The van der Waals surface area contributed by atoms with Crippen LogP contribution in [-0.4, -0.2) is 37.6 Å². The molecule has 1 aromatic carbocycles. The maximum Gasteiger partial charge on any atom is 0.309 e. The minimum absolute atomic E-state index is 0.0254. The molecule has 1 atom stereocenters. The highest BCUT2D eigenvalue weighted by Crippen LogP contribution is 2.36. The minimum atomic E-state index is -0.0586. The minimum Gasteiger partial charge on any atom is -0.466 e. The smallest absolute Gasteiger partial charge is 0.309 e. The van der Waals surface area contributed by atoms with Gasteiger partial charge < -0.3 is 14.5 Å². The molecule has 0 N–H and O–H groups in total. The number of hydrogen-bond donors (Lipinski definition) is 0. The average molecular weight is 383 g/mol. The molecule has 2 fully saturated rings. The Morgan fingerprint density at radius 3 is 2.46 bits per heavy atom. The number of carbonyl (C=O) groups excluding carboxylic acids is 2. The van der Waals surface area contributed by atoms with Crippen molar-refractivity contribution in [2.24, 2.45) is 5.92 Å². The van der Waals surface area contributed by atoms with E-state index in [4.69, 9.17) is 4.74 Å². The van der Waals surface area contributed by atoms with Gasteiger partial charge in [0, 0.05) is 30.5 Å². The van der Waals surface area contributed by atoms with Gasteiger partial charge in [0.2, 0.25) is 0 Å². The molecular formula is C23H30N2O3. The number of hydrogen-bond acceptors (Lipinski definition) is 4. The van der Waals surface area contributed by atoms with Gasteiger partial charge in [-0.3, -0.25) is 9.59 Å². The third-order valence-corrected chi connectivity index (χ3v) is 6.34. The van der Waals surface area contributed by atoms with E-state index in [1.807, 2.05) is 17.9 Å². The van der Waals surface area contributed by atoms with Crippen LogP contribution in [0.25, 0.3) is 0 Å². The summed E-state index contributed by atoms with van der Waals surface area (Å²) in [6.45, 7) is 4.03. The van der Waals surface area contributed by atoms with Gasteiger partial charge in [-0.05, 0) is 68.9 Å². The maximum atomic E-state index is 12.6. The fourth-order valence-electron chi connectivity index (χ4n) is 4.81. The molecule has 0 radical (unpaired) electrons. The molecule has 5 nitrogen and oxygen atoms in total. The Kier molecular flexibility index (Phi) is 5.69. The van der Waals surface area contributed by atoms with Crippen molar-refractivity contribution in [3.05, 3.63) is 35.9 Å². The summed E-state index contributed by atoms with van der Waals surface area (Å²) in [7, 11) is 0. The van der Waals surface area contributed by atoms with E-state index in [2.05, 4.69) is 29.2 Å². The fraction of sp³-hybridized carbons (Fsp3) is 0.565. The molecule has 4 rings (SSSR count). The van der Waals surface area contributed by atoms with Crippen LogP contribution in [-0.2, 0) is 14.3 Å². The molecule has 1 aliphatic carbocycles. The van der Waals surface area contributed by atoms with E-state index in [-0.39, 0.29) is 23.8 Å². The lowest BCUT2D eigenvalue weighted by Gasteiger charge is -2.33. The van der Waals surface area contributed by atoms with E-state index in [0.717, 1.165) is 50.1 Å². The van der Waals surface area contributed by atoms with Crippen LogP contribution in [0.1, 0.15) is 51.9 Å². The predicted molar refractivity (Wildman–Crippen MR) is 110 cm³/mol. The fourth-order valence-corrected chi connectivity index (χ4v) is 4.81. The Bertz CT molecular complexity index is 748. The highest BCUT2D eigenvalue weighted by molar-refractivity contribution is 6.06. The molecule has 150 valence electrons. The van der Waals surface area contributed by atoms with Gasteiger partial charge in [-0.25, -0.2) is 0 Å². The quantitative estimate of drug-likeness (QED) is 0.737. The van der Waals surface area contributed by atoms with Crippen LogP contribution in [0.3, 0.4) is 0 Å². The molecule has 1 amide bonds. The third kappa shape index (κ3) is 3.80. The zero-order chi connectivity index (χ0) is 19.5. The zero-order valence-corrected chi connectivity index (χ0v) is 16.7. The van der Waals surface area contributed by atoms with Gasteiger partial charge in [0.15, 0.2) is 0 Å². The molecule has 0 spiro atoms. The van der Waals surface area contributed by atoms with Gasteiger partial charge >= 0.3 is 5.97 Å². The lowest BCUT2D eigenvalue weighted by Crippen LogP contribution is -2.37. The van der Waals surface area contributed by atoms with Crippen molar-refractivity contribution in [2.45, 2.75) is 57.9 Å². The van der Waals surface area contributed by atoms with E-state index in [0.29, 0.717) is 6.61 Å². The Morgan fingerprint density at radius 2 is 1.75 bits per heavy atom. The molecule has 1 saturated heterocycles. The van der Waals surface area contributed by atoms with Gasteiger partial charge in [0.25, 0.3) is 5.91 Å². The number of ether oxygens (including phenoxy) is 1. The Hall–Kier alpha value is -2.30. The number of fused-ring (bicyclic) bond motifs is 1. The topological polar surface area (TPSA) is 49.9 Å². The van der Waals surface area contributed by atoms with E-state index in [1.54, 1.807) is 0 Å². The van der Waals surface area contributed by atoms with Crippen molar-refractivity contribution in [3.63, 3.8) is 0 Å². The third-order valence-electron chi connectivity index (χ3n) is 6.34. The highest BCUT2D eigenvalue weighted by atomic mass is 16.5. The summed E-state index contributed by atoms with van der Waals surface area (Å²) in [4.78, 5) is 28.8. The molecule has 28 heavy (non-hydrogen) atoms. The molecule has 0 aromatic heterocycles. The van der Waals surface area contributed by atoms with Gasteiger partial charge in [-0.2, -0.15) is 0 Å². The molecule has 3 aliphatic rings. The lowest BCUT2D eigenvalue weighted by atomic mass is 9.96. The van der Waals surface area contributed by atoms with Crippen LogP contribution in [0.2, 0.25) is 0 Å². The summed E-state index contributed by atoms with van der Waals surface area (Å²) in [5, 5.41) is 0. The van der Waals surface area contributed by atoms with E-state index < -0.39 is 0 Å². The van der Waals surface area contributed by atoms with Crippen LogP contribution in [0.15, 0.2) is 35.9 Å². The molecule has 5 heteroatoms. The normalized spacial score (nSPS) is 23.2. The van der Waals surface area contributed by atoms with Crippen molar-refractivity contribution < 1.29 is 14.3 Å². The molecule has 0 bridgehead atoms. The standard InChI is InChI=1S/C23H30N2O3/c1-2-28-23(27)17-12-14-24(15-13-17)19-8-10-20(11-9-19)25-21-7-5-3-4-6-18(21)16-22(25)26/h8-11,16-17,21H,2-7,12-15H2,1H3/t21-/m1/s1. The largest absolute Gasteiger partial charge is 0.466 e. The van der Waals surface area contributed by atoms with E-state index >= 15 is 0 Å².